The predicted molar refractivity (Wildman–Crippen MR) is 69.4 cm³/mol. The molecule has 1 saturated carbocycles. The van der Waals surface area contributed by atoms with Crippen LogP contribution in [0, 0.1) is 0 Å². The van der Waals surface area contributed by atoms with E-state index < -0.39 is 0 Å². The number of hydrogen-bond acceptors (Lipinski definition) is 2. The highest BCUT2D eigenvalue weighted by Crippen LogP contribution is 2.34. The van der Waals surface area contributed by atoms with Crippen molar-refractivity contribution in [2.45, 2.75) is 50.6 Å². The number of ether oxygens (including phenoxy) is 1. The summed E-state index contributed by atoms with van der Waals surface area (Å²) in [5.74, 6) is 0.992. The first-order valence-electron chi connectivity index (χ1n) is 6.79. The van der Waals surface area contributed by atoms with Crippen LogP contribution in [0.5, 0.6) is 5.75 Å². The maximum atomic E-state index is 5.35. The van der Waals surface area contributed by atoms with Gasteiger partial charge in [-0.2, -0.15) is 0 Å². The highest BCUT2D eigenvalue weighted by molar-refractivity contribution is 5.39. The third-order valence-electron chi connectivity index (χ3n) is 4.21. The Bertz CT molecular complexity index is 398. The van der Waals surface area contributed by atoms with Crippen LogP contribution in [0.3, 0.4) is 0 Å². The van der Waals surface area contributed by atoms with Crippen molar-refractivity contribution in [2.75, 3.05) is 7.11 Å². The SMILES string of the molecule is COc1ccc2c(c1)C(NC1CCC1)CCC2. The molecule has 1 aromatic rings. The zero-order valence-corrected chi connectivity index (χ0v) is 10.5. The van der Waals surface area contributed by atoms with E-state index in [1.165, 1.54) is 49.7 Å². The largest absolute Gasteiger partial charge is 0.497 e. The van der Waals surface area contributed by atoms with Gasteiger partial charge in [0, 0.05) is 12.1 Å². The summed E-state index contributed by atoms with van der Waals surface area (Å²) in [7, 11) is 1.75. The van der Waals surface area contributed by atoms with Gasteiger partial charge in [0.25, 0.3) is 0 Å². The van der Waals surface area contributed by atoms with Gasteiger partial charge in [0.2, 0.25) is 0 Å². The van der Waals surface area contributed by atoms with Crippen molar-refractivity contribution in [3.05, 3.63) is 29.3 Å². The van der Waals surface area contributed by atoms with E-state index in [-0.39, 0.29) is 0 Å². The molecule has 2 aliphatic carbocycles. The maximum absolute atomic E-state index is 5.35. The van der Waals surface area contributed by atoms with Crippen LogP contribution in [0.1, 0.15) is 49.3 Å². The van der Waals surface area contributed by atoms with E-state index in [1.54, 1.807) is 7.11 Å². The quantitative estimate of drug-likeness (QED) is 0.862. The molecule has 0 aromatic heterocycles. The van der Waals surface area contributed by atoms with Crippen molar-refractivity contribution >= 4 is 0 Å². The third-order valence-corrected chi connectivity index (χ3v) is 4.21. The molecule has 0 amide bonds. The van der Waals surface area contributed by atoms with E-state index in [9.17, 15) is 0 Å². The Hall–Kier alpha value is -1.02. The molecule has 17 heavy (non-hydrogen) atoms. The lowest BCUT2D eigenvalue weighted by atomic mass is 9.85. The fraction of sp³-hybridized carbons (Fsp3) is 0.600. The van der Waals surface area contributed by atoms with E-state index >= 15 is 0 Å². The van der Waals surface area contributed by atoms with E-state index in [0.29, 0.717) is 6.04 Å². The molecule has 1 N–H and O–H groups in total. The molecular weight excluding hydrogens is 210 g/mol. The fourth-order valence-electron chi connectivity index (χ4n) is 2.94. The van der Waals surface area contributed by atoms with Crippen LogP contribution in [0.25, 0.3) is 0 Å². The van der Waals surface area contributed by atoms with Crippen molar-refractivity contribution in [1.29, 1.82) is 0 Å². The molecule has 0 spiro atoms. The normalized spacial score (nSPS) is 23.9. The highest BCUT2D eigenvalue weighted by Gasteiger charge is 2.25. The molecule has 92 valence electrons. The van der Waals surface area contributed by atoms with Crippen molar-refractivity contribution in [3.63, 3.8) is 0 Å². The number of fused-ring (bicyclic) bond motifs is 1. The number of rotatable bonds is 3. The first kappa shape index (κ1) is 11.1. The van der Waals surface area contributed by atoms with Crippen molar-refractivity contribution < 1.29 is 4.74 Å². The maximum Gasteiger partial charge on any atom is 0.119 e. The lowest BCUT2D eigenvalue weighted by Gasteiger charge is -2.34. The number of hydrogen-bond donors (Lipinski definition) is 1. The Morgan fingerprint density at radius 3 is 2.76 bits per heavy atom. The second-order valence-electron chi connectivity index (χ2n) is 5.30. The molecule has 0 aliphatic heterocycles. The first-order chi connectivity index (χ1) is 8.36. The van der Waals surface area contributed by atoms with Crippen LogP contribution in [0.2, 0.25) is 0 Å². The zero-order valence-electron chi connectivity index (χ0n) is 10.5. The Morgan fingerprint density at radius 2 is 2.06 bits per heavy atom. The predicted octanol–water partition coefficient (Wildman–Crippen LogP) is 3.21. The van der Waals surface area contributed by atoms with Gasteiger partial charge in [0.1, 0.15) is 5.75 Å². The first-order valence-corrected chi connectivity index (χ1v) is 6.79. The van der Waals surface area contributed by atoms with Crippen LogP contribution in [0.15, 0.2) is 18.2 Å². The monoisotopic (exact) mass is 231 g/mol. The molecule has 3 rings (SSSR count). The minimum absolute atomic E-state index is 0.555. The van der Waals surface area contributed by atoms with Gasteiger partial charge in [0.15, 0.2) is 0 Å². The summed E-state index contributed by atoms with van der Waals surface area (Å²) in [6.07, 6.45) is 7.92. The average molecular weight is 231 g/mol. The van der Waals surface area contributed by atoms with Crippen LogP contribution in [-0.2, 0) is 6.42 Å². The summed E-state index contributed by atoms with van der Waals surface area (Å²) >= 11 is 0. The van der Waals surface area contributed by atoms with E-state index in [1.807, 2.05) is 0 Å². The third kappa shape index (κ3) is 2.19. The van der Waals surface area contributed by atoms with Gasteiger partial charge < -0.3 is 10.1 Å². The van der Waals surface area contributed by atoms with Gasteiger partial charge in [0.05, 0.1) is 7.11 Å². The van der Waals surface area contributed by atoms with Gasteiger partial charge in [-0.15, -0.1) is 0 Å². The van der Waals surface area contributed by atoms with Crippen molar-refractivity contribution in [2.24, 2.45) is 0 Å². The number of nitrogens with one attached hydrogen (secondary N) is 1. The van der Waals surface area contributed by atoms with Gasteiger partial charge in [-0.3, -0.25) is 0 Å². The van der Waals surface area contributed by atoms with Crippen molar-refractivity contribution in [3.8, 4) is 5.75 Å². The molecule has 1 unspecified atom stereocenters. The standard InChI is InChI=1S/C15H21NO/c1-17-13-9-8-11-4-2-7-15(14(11)10-13)16-12-5-3-6-12/h8-10,12,15-16H,2-7H2,1H3. The van der Waals surface area contributed by atoms with E-state index in [4.69, 9.17) is 4.74 Å². The Labute approximate surface area is 103 Å². The molecule has 1 fully saturated rings. The Morgan fingerprint density at radius 1 is 1.18 bits per heavy atom. The van der Waals surface area contributed by atoms with Crippen LogP contribution < -0.4 is 10.1 Å². The number of benzene rings is 1. The summed E-state index contributed by atoms with van der Waals surface area (Å²) in [6.45, 7) is 0. The second-order valence-corrected chi connectivity index (χ2v) is 5.30. The molecule has 2 heteroatoms. The number of methoxy groups -OCH3 is 1. The van der Waals surface area contributed by atoms with Crippen LogP contribution in [-0.4, -0.2) is 13.2 Å². The molecule has 0 saturated heterocycles. The van der Waals surface area contributed by atoms with Gasteiger partial charge >= 0.3 is 0 Å². The summed E-state index contributed by atoms with van der Waals surface area (Å²) < 4.78 is 5.35. The molecule has 2 aliphatic rings. The molecule has 2 nitrogen and oxygen atoms in total. The van der Waals surface area contributed by atoms with Crippen molar-refractivity contribution in [1.82, 2.24) is 5.32 Å². The van der Waals surface area contributed by atoms with Gasteiger partial charge in [-0.1, -0.05) is 12.5 Å². The summed E-state index contributed by atoms with van der Waals surface area (Å²) in [5.41, 5.74) is 2.98. The summed E-state index contributed by atoms with van der Waals surface area (Å²) in [5, 5.41) is 3.81. The van der Waals surface area contributed by atoms with Crippen LogP contribution >= 0.6 is 0 Å². The second kappa shape index (κ2) is 4.69. The highest BCUT2D eigenvalue weighted by atomic mass is 16.5. The van der Waals surface area contributed by atoms with Gasteiger partial charge in [-0.05, 0) is 55.4 Å². The summed E-state index contributed by atoms with van der Waals surface area (Å²) in [4.78, 5) is 0. The molecule has 1 aromatic carbocycles. The molecule has 1 atom stereocenters. The smallest absolute Gasteiger partial charge is 0.119 e. The van der Waals surface area contributed by atoms with E-state index in [0.717, 1.165) is 11.8 Å². The molecular formula is C15H21NO. The molecule has 0 heterocycles. The lowest BCUT2D eigenvalue weighted by Crippen LogP contribution is -2.39. The molecule has 0 radical (unpaired) electrons. The van der Waals surface area contributed by atoms with E-state index in [2.05, 4.69) is 23.5 Å². The molecule has 0 bridgehead atoms. The topological polar surface area (TPSA) is 21.3 Å². The summed E-state index contributed by atoms with van der Waals surface area (Å²) in [6, 6.07) is 7.87. The number of aryl methyl sites for hydroxylation is 1. The van der Waals surface area contributed by atoms with Crippen LogP contribution in [0.4, 0.5) is 0 Å². The lowest BCUT2D eigenvalue weighted by molar-refractivity contribution is 0.290. The van der Waals surface area contributed by atoms with Gasteiger partial charge in [-0.25, -0.2) is 0 Å². The fourth-order valence-corrected chi connectivity index (χ4v) is 2.94. The minimum Gasteiger partial charge on any atom is -0.497 e. The minimum atomic E-state index is 0.555. The zero-order chi connectivity index (χ0) is 11.7. The Balaban J connectivity index is 1.82. The average Bonchev–Trinajstić information content (AvgIpc) is 2.33. The Kier molecular flexibility index (Phi) is 3.06.